The Hall–Kier alpha value is -3.22. The van der Waals surface area contributed by atoms with Gasteiger partial charge < -0.3 is 9.84 Å². The van der Waals surface area contributed by atoms with Gasteiger partial charge in [0.05, 0.1) is 23.2 Å². The van der Waals surface area contributed by atoms with Gasteiger partial charge in [0.15, 0.2) is 0 Å². The fraction of sp³-hybridized carbons (Fsp3) is 0.125. The third-order valence-electron chi connectivity index (χ3n) is 3.33. The molecule has 7 heteroatoms. The van der Waals surface area contributed by atoms with E-state index in [2.05, 4.69) is 0 Å². The molecular formula is C16H13NO6. The number of nitro groups is 1. The van der Waals surface area contributed by atoms with Crippen molar-refractivity contribution < 1.29 is 24.4 Å². The molecule has 0 spiro atoms. The van der Waals surface area contributed by atoms with Crippen molar-refractivity contribution >= 4 is 17.6 Å². The molecule has 118 valence electrons. The number of nitrogens with zero attached hydrogens (tertiary/aromatic N) is 1. The number of hydrogen-bond donors (Lipinski definition) is 1. The van der Waals surface area contributed by atoms with Crippen molar-refractivity contribution in [1.82, 2.24) is 0 Å². The number of nitro benzene ring substituents is 1. The second-order valence-corrected chi connectivity index (χ2v) is 4.73. The number of aromatic carboxylic acids is 1. The molecule has 2 rings (SSSR count). The average molecular weight is 315 g/mol. The molecule has 0 heterocycles. The molecule has 0 saturated heterocycles. The van der Waals surface area contributed by atoms with E-state index in [0.717, 1.165) is 6.07 Å². The first-order chi connectivity index (χ1) is 10.9. The van der Waals surface area contributed by atoms with E-state index in [-0.39, 0.29) is 28.8 Å². The first-order valence-corrected chi connectivity index (χ1v) is 6.61. The van der Waals surface area contributed by atoms with Crippen LogP contribution in [0.2, 0.25) is 0 Å². The van der Waals surface area contributed by atoms with Crippen molar-refractivity contribution in [2.75, 3.05) is 7.11 Å². The van der Waals surface area contributed by atoms with Gasteiger partial charge in [-0.3, -0.25) is 10.1 Å². The predicted molar refractivity (Wildman–Crippen MR) is 80.6 cm³/mol. The Labute approximate surface area is 131 Å². The molecule has 0 bridgehead atoms. The van der Waals surface area contributed by atoms with Crippen LogP contribution in [0.15, 0.2) is 42.5 Å². The van der Waals surface area contributed by atoms with Gasteiger partial charge in [-0.25, -0.2) is 9.59 Å². The predicted octanol–water partition coefficient (Wildman–Crippen LogP) is 2.67. The Kier molecular flexibility index (Phi) is 4.70. The Balaban J connectivity index is 2.51. The summed E-state index contributed by atoms with van der Waals surface area (Å²) in [5.41, 5.74) is 0.819. The van der Waals surface area contributed by atoms with Crippen molar-refractivity contribution in [2.24, 2.45) is 0 Å². The third-order valence-corrected chi connectivity index (χ3v) is 3.33. The van der Waals surface area contributed by atoms with Crippen molar-refractivity contribution in [1.29, 1.82) is 0 Å². The van der Waals surface area contributed by atoms with Crippen LogP contribution in [0.25, 0.3) is 0 Å². The number of carboxylic acid groups (broad SMARTS) is 1. The van der Waals surface area contributed by atoms with Gasteiger partial charge in [0, 0.05) is 12.1 Å². The summed E-state index contributed by atoms with van der Waals surface area (Å²) in [7, 11) is 1.25. The summed E-state index contributed by atoms with van der Waals surface area (Å²) < 4.78 is 4.69. The quantitative estimate of drug-likeness (QED) is 0.516. The van der Waals surface area contributed by atoms with Crippen molar-refractivity contribution in [3.63, 3.8) is 0 Å². The number of esters is 1. The number of carbonyl (C=O) groups is 2. The van der Waals surface area contributed by atoms with Crippen molar-refractivity contribution in [3.8, 4) is 0 Å². The monoisotopic (exact) mass is 315 g/mol. The van der Waals surface area contributed by atoms with Gasteiger partial charge in [0.25, 0.3) is 5.69 Å². The number of carbonyl (C=O) groups excluding carboxylic acids is 1. The molecule has 0 aliphatic heterocycles. The molecule has 0 aromatic heterocycles. The summed E-state index contributed by atoms with van der Waals surface area (Å²) in [5, 5.41) is 20.1. The number of non-ortho nitro benzene ring substituents is 1. The molecule has 0 atom stereocenters. The van der Waals surface area contributed by atoms with E-state index < -0.39 is 16.9 Å². The Morgan fingerprint density at radius 3 is 2.43 bits per heavy atom. The second kappa shape index (κ2) is 6.69. The van der Waals surface area contributed by atoms with Crippen LogP contribution in [0.5, 0.6) is 0 Å². The first-order valence-electron chi connectivity index (χ1n) is 6.61. The van der Waals surface area contributed by atoms with Crippen molar-refractivity contribution in [3.05, 3.63) is 74.8 Å². The van der Waals surface area contributed by atoms with Gasteiger partial charge in [0.1, 0.15) is 0 Å². The SMILES string of the molecule is COC(=O)c1ccccc1Cc1cc([N+](=O)[O-])ccc1C(=O)O. The molecule has 0 unspecified atom stereocenters. The minimum Gasteiger partial charge on any atom is -0.478 e. The summed E-state index contributed by atoms with van der Waals surface area (Å²) >= 11 is 0. The van der Waals surface area contributed by atoms with E-state index in [9.17, 15) is 24.8 Å². The Bertz CT molecular complexity index is 784. The lowest BCUT2D eigenvalue weighted by molar-refractivity contribution is -0.384. The number of methoxy groups -OCH3 is 1. The number of hydrogen-bond acceptors (Lipinski definition) is 5. The molecule has 0 amide bonds. The van der Waals surface area contributed by atoms with Gasteiger partial charge in [0.2, 0.25) is 0 Å². The van der Waals surface area contributed by atoms with Crippen molar-refractivity contribution in [2.45, 2.75) is 6.42 Å². The van der Waals surface area contributed by atoms with Gasteiger partial charge in [-0.1, -0.05) is 18.2 Å². The minimum atomic E-state index is -1.19. The maximum Gasteiger partial charge on any atom is 0.338 e. The standard InChI is InChI=1S/C16H13NO6/c1-23-16(20)14-5-3-2-4-10(14)8-11-9-12(17(21)22)6-7-13(11)15(18)19/h2-7,9H,8H2,1H3,(H,18,19). The van der Waals surface area contributed by atoms with Crippen LogP contribution in [0.4, 0.5) is 5.69 Å². The van der Waals surface area contributed by atoms with E-state index in [4.69, 9.17) is 4.74 Å². The van der Waals surface area contributed by atoms with Gasteiger partial charge in [-0.2, -0.15) is 0 Å². The Morgan fingerprint density at radius 2 is 1.83 bits per heavy atom. The maximum absolute atomic E-state index is 11.8. The van der Waals surface area contributed by atoms with E-state index in [1.165, 1.54) is 19.2 Å². The Morgan fingerprint density at radius 1 is 1.13 bits per heavy atom. The minimum absolute atomic E-state index is 0.0460. The van der Waals surface area contributed by atoms with Crippen LogP contribution in [-0.2, 0) is 11.2 Å². The zero-order chi connectivity index (χ0) is 17.0. The lowest BCUT2D eigenvalue weighted by Gasteiger charge is -2.10. The largest absolute Gasteiger partial charge is 0.478 e. The highest BCUT2D eigenvalue weighted by Gasteiger charge is 2.18. The number of rotatable bonds is 5. The lowest BCUT2D eigenvalue weighted by Crippen LogP contribution is -2.09. The topological polar surface area (TPSA) is 107 Å². The summed E-state index contributed by atoms with van der Waals surface area (Å²) in [5.74, 6) is -1.74. The third kappa shape index (κ3) is 3.52. The van der Waals surface area contributed by atoms with Gasteiger partial charge in [-0.05, 0) is 29.7 Å². The van der Waals surface area contributed by atoms with Crippen LogP contribution in [0.1, 0.15) is 31.8 Å². The smallest absolute Gasteiger partial charge is 0.338 e. The maximum atomic E-state index is 11.8. The van der Waals surface area contributed by atoms with Gasteiger partial charge in [-0.15, -0.1) is 0 Å². The average Bonchev–Trinajstić information content (AvgIpc) is 2.54. The highest BCUT2D eigenvalue weighted by atomic mass is 16.6. The molecule has 0 radical (unpaired) electrons. The van der Waals surface area contributed by atoms with Crippen LogP contribution in [0.3, 0.4) is 0 Å². The highest BCUT2D eigenvalue weighted by molar-refractivity contribution is 5.92. The number of benzene rings is 2. The molecule has 1 N–H and O–H groups in total. The first kappa shape index (κ1) is 16.2. The number of ether oxygens (including phenoxy) is 1. The zero-order valence-electron chi connectivity index (χ0n) is 12.2. The molecule has 0 fully saturated rings. The number of carboxylic acids is 1. The van der Waals surface area contributed by atoms with Crippen LogP contribution in [0, 0.1) is 10.1 Å². The van der Waals surface area contributed by atoms with Gasteiger partial charge >= 0.3 is 11.9 Å². The highest BCUT2D eigenvalue weighted by Crippen LogP contribution is 2.23. The summed E-state index contributed by atoms with van der Waals surface area (Å²) in [6.45, 7) is 0. The molecular weight excluding hydrogens is 302 g/mol. The molecule has 2 aromatic carbocycles. The summed E-state index contributed by atoms with van der Waals surface area (Å²) in [4.78, 5) is 33.4. The molecule has 23 heavy (non-hydrogen) atoms. The normalized spacial score (nSPS) is 10.1. The van der Waals surface area contributed by atoms with E-state index in [0.29, 0.717) is 5.56 Å². The van der Waals surface area contributed by atoms with Crippen LogP contribution in [-0.4, -0.2) is 29.1 Å². The summed E-state index contributed by atoms with van der Waals surface area (Å²) in [6.07, 6.45) is 0.0641. The van der Waals surface area contributed by atoms with Crippen LogP contribution < -0.4 is 0 Å². The summed E-state index contributed by atoms with van der Waals surface area (Å²) in [6, 6.07) is 10.1. The van der Waals surface area contributed by atoms with E-state index >= 15 is 0 Å². The fourth-order valence-corrected chi connectivity index (χ4v) is 2.24. The molecule has 0 saturated carbocycles. The van der Waals surface area contributed by atoms with Crippen LogP contribution >= 0.6 is 0 Å². The molecule has 0 aliphatic rings. The van der Waals surface area contributed by atoms with E-state index in [1.54, 1.807) is 24.3 Å². The molecule has 0 aliphatic carbocycles. The molecule has 2 aromatic rings. The fourth-order valence-electron chi connectivity index (χ4n) is 2.24. The second-order valence-electron chi connectivity index (χ2n) is 4.73. The van der Waals surface area contributed by atoms with E-state index in [1.807, 2.05) is 0 Å². The molecule has 7 nitrogen and oxygen atoms in total. The lowest BCUT2D eigenvalue weighted by atomic mass is 9.96. The zero-order valence-corrected chi connectivity index (χ0v) is 12.2.